The van der Waals surface area contributed by atoms with Crippen molar-refractivity contribution in [2.75, 3.05) is 0 Å². The fraction of sp³-hybridized carbons (Fsp3) is 0.200. The number of benzene rings is 6. The Morgan fingerprint density at radius 2 is 1.31 bits per heavy atom. The molecular weight excluding hydrogens is 705 g/mol. The van der Waals surface area contributed by atoms with Gasteiger partial charge in [-0.15, -0.1) is 0 Å². The molecule has 0 radical (unpaired) electrons. The highest BCUT2D eigenvalue weighted by molar-refractivity contribution is 6.10. The Morgan fingerprint density at radius 3 is 2.14 bits per heavy atom. The molecule has 0 saturated heterocycles. The Bertz CT molecular complexity index is 3030. The number of para-hydroxylation sites is 1. The fourth-order valence-electron chi connectivity index (χ4n) is 11.1. The first-order valence-electron chi connectivity index (χ1n) is 21.1. The maximum atomic E-state index is 6.31. The minimum absolute atomic E-state index is 0.0559. The largest absolute Gasteiger partial charge is 0.438 e. The first-order valence-corrected chi connectivity index (χ1v) is 21.1. The molecule has 58 heavy (non-hydrogen) atoms. The molecule has 2 aromatic heterocycles. The zero-order valence-corrected chi connectivity index (χ0v) is 33.1. The van der Waals surface area contributed by atoms with Crippen LogP contribution in [-0.2, 0) is 10.8 Å². The van der Waals surface area contributed by atoms with Gasteiger partial charge in [0.25, 0.3) is 0 Å². The monoisotopic (exact) mass is 748 g/mol. The van der Waals surface area contributed by atoms with Crippen molar-refractivity contribution in [1.29, 1.82) is 0 Å². The Morgan fingerprint density at radius 1 is 0.586 bits per heavy atom. The maximum Gasteiger partial charge on any atom is 0.231 e. The number of rotatable bonds is 4. The molecule has 12 rings (SSSR count). The maximum absolute atomic E-state index is 6.31. The number of fused-ring (bicyclic) bond motifs is 11. The molecule has 0 bridgehead atoms. The normalized spacial score (nSPS) is 18.2. The van der Waals surface area contributed by atoms with E-state index in [1.54, 1.807) is 11.1 Å². The predicted octanol–water partition coefficient (Wildman–Crippen LogP) is 14.4. The van der Waals surface area contributed by atoms with Gasteiger partial charge < -0.3 is 4.42 Å². The smallest absolute Gasteiger partial charge is 0.231 e. The van der Waals surface area contributed by atoms with E-state index in [0.717, 1.165) is 39.9 Å². The zero-order valence-electron chi connectivity index (χ0n) is 33.1. The summed E-state index contributed by atoms with van der Waals surface area (Å²) in [7, 11) is 0. The van der Waals surface area contributed by atoms with Gasteiger partial charge in [0, 0.05) is 27.7 Å². The average molecular weight is 749 g/mol. The van der Waals surface area contributed by atoms with Crippen LogP contribution in [0, 0.1) is 0 Å². The summed E-state index contributed by atoms with van der Waals surface area (Å²) in [6.07, 6.45) is 14.1. The van der Waals surface area contributed by atoms with Gasteiger partial charge in [0.1, 0.15) is 11.4 Å². The van der Waals surface area contributed by atoms with E-state index < -0.39 is 0 Å². The Labute approximate surface area is 339 Å². The van der Waals surface area contributed by atoms with Gasteiger partial charge >= 0.3 is 0 Å². The molecule has 6 aromatic carbocycles. The van der Waals surface area contributed by atoms with Crippen molar-refractivity contribution >= 4 is 27.6 Å². The molecular formula is C55H44N2O. The first kappa shape index (κ1) is 33.8. The molecule has 1 atom stereocenters. The van der Waals surface area contributed by atoms with Gasteiger partial charge in [-0.1, -0.05) is 167 Å². The molecule has 1 unspecified atom stereocenters. The van der Waals surface area contributed by atoms with E-state index in [1.165, 1.54) is 87.7 Å². The van der Waals surface area contributed by atoms with E-state index in [9.17, 15) is 0 Å². The Hall–Kier alpha value is -6.32. The van der Waals surface area contributed by atoms with Crippen molar-refractivity contribution in [1.82, 2.24) is 9.97 Å². The standard InChI is InChI=1S/C55H44N2O/c1-54(2)45-20-13-18-39(49(45)43-33-47-42(32-46(43)54)40-16-7-9-19-44(40)55(47)30-11-4-12-31-55)36-26-22-34(23-27-36)35-24-28-38(29-25-35)52-56-51(37-14-5-3-6-15-37)50-41-17-8-10-21-48(41)58-53(50)57-52/h3,5-10,13-28,32-33,38H,4,11-12,29-31H2,1-2H3. The molecule has 1 saturated carbocycles. The van der Waals surface area contributed by atoms with Crippen molar-refractivity contribution in [3.8, 4) is 44.6 Å². The van der Waals surface area contributed by atoms with Crippen molar-refractivity contribution in [2.45, 2.75) is 69.1 Å². The van der Waals surface area contributed by atoms with E-state index in [2.05, 4.69) is 141 Å². The second kappa shape index (κ2) is 12.6. The predicted molar refractivity (Wildman–Crippen MR) is 238 cm³/mol. The lowest BCUT2D eigenvalue weighted by molar-refractivity contribution is 0.353. The zero-order chi connectivity index (χ0) is 38.6. The number of furan rings is 1. The van der Waals surface area contributed by atoms with E-state index >= 15 is 0 Å². The molecule has 4 aliphatic rings. The van der Waals surface area contributed by atoms with Crippen molar-refractivity contribution < 1.29 is 4.42 Å². The number of hydrogen-bond acceptors (Lipinski definition) is 3. The molecule has 0 N–H and O–H groups in total. The van der Waals surface area contributed by atoms with Crippen LogP contribution in [0.3, 0.4) is 0 Å². The molecule has 1 fully saturated rings. The summed E-state index contributed by atoms with van der Waals surface area (Å²) >= 11 is 0. The molecule has 280 valence electrons. The van der Waals surface area contributed by atoms with Gasteiger partial charge in [-0.05, 0) is 104 Å². The van der Waals surface area contributed by atoms with Crippen LogP contribution in [0.5, 0.6) is 0 Å². The van der Waals surface area contributed by atoms with Crippen LogP contribution in [0.2, 0.25) is 0 Å². The highest BCUT2D eigenvalue weighted by Gasteiger charge is 2.46. The lowest BCUT2D eigenvalue weighted by Gasteiger charge is -2.36. The summed E-state index contributed by atoms with van der Waals surface area (Å²) in [5.74, 6) is 0.845. The van der Waals surface area contributed by atoms with Crippen molar-refractivity contribution in [2.24, 2.45) is 0 Å². The minimum atomic E-state index is -0.0817. The topological polar surface area (TPSA) is 38.9 Å². The third-order valence-electron chi connectivity index (χ3n) is 14.1. The molecule has 2 heterocycles. The minimum Gasteiger partial charge on any atom is -0.438 e. The van der Waals surface area contributed by atoms with E-state index in [0.29, 0.717) is 5.71 Å². The van der Waals surface area contributed by atoms with Gasteiger partial charge in [0.2, 0.25) is 5.71 Å². The van der Waals surface area contributed by atoms with E-state index in [1.807, 2.05) is 24.3 Å². The molecule has 4 aliphatic carbocycles. The van der Waals surface area contributed by atoms with Crippen molar-refractivity contribution in [3.05, 3.63) is 185 Å². The van der Waals surface area contributed by atoms with Crippen LogP contribution in [0.25, 0.3) is 72.3 Å². The summed E-state index contributed by atoms with van der Waals surface area (Å²) in [5.41, 5.74) is 20.3. The van der Waals surface area contributed by atoms with Crippen LogP contribution >= 0.6 is 0 Å². The van der Waals surface area contributed by atoms with Gasteiger partial charge in [0.05, 0.1) is 11.1 Å². The summed E-state index contributed by atoms with van der Waals surface area (Å²) in [6, 6.07) is 49.3. The van der Waals surface area contributed by atoms with Crippen LogP contribution in [0.4, 0.5) is 0 Å². The van der Waals surface area contributed by atoms with Crippen LogP contribution in [0.15, 0.2) is 156 Å². The molecule has 1 spiro atoms. The third-order valence-corrected chi connectivity index (χ3v) is 14.1. The van der Waals surface area contributed by atoms with E-state index in [4.69, 9.17) is 14.4 Å². The lowest BCUT2D eigenvalue weighted by Crippen LogP contribution is -2.28. The molecule has 0 amide bonds. The second-order valence-corrected chi connectivity index (χ2v) is 17.5. The average Bonchev–Trinajstić information content (AvgIpc) is 3.86. The quantitative estimate of drug-likeness (QED) is 0.180. The summed E-state index contributed by atoms with van der Waals surface area (Å²) < 4.78 is 6.31. The van der Waals surface area contributed by atoms with Crippen LogP contribution in [0.1, 0.15) is 91.9 Å². The SMILES string of the molecule is CC1(C)c2cc3c(cc2-c2c(-c4ccc(C5=CCC(c6nc(-c7ccccc7)c7c(n6)oc6ccccc67)C=C5)cc4)cccc21)C1(CCCCC1)c1ccccc1-3. The summed E-state index contributed by atoms with van der Waals surface area (Å²) in [5, 5.41) is 2.02. The van der Waals surface area contributed by atoms with Crippen LogP contribution in [-0.4, -0.2) is 9.97 Å². The number of aromatic nitrogens is 2. The third kappa shape index (κ3) is 4.86. The van der Waals surface area contributed by atoms with Crippen LogP contribution < -0.4 is 0 Å². The van der Waals surface area contributed by atoms with E-state index in [-0.39, 0.29) is 16.7 Å². The van der Waals surface area contributed by atoms with Crippen molar-refractivity contribution in [3.63, 3.8) is 0 Å². The fourth-order valence-corrected chi connectivity index (χ4v) is 11.1. The number of nitrogens with zero attached hydrogens (tertiary/aromatic N) is 2. The Balaban J connectivity index is 0.877. The molecule has 3 heteroatoms. The lowest BCUT2D eigenvalue weighted by atomic mass is 9.67. The molecule has 0 aliphatic heterocycles. The van der Waals surface area contributed by atoms with Gasteiger partial charge in [-0.25, -0.2) is 4.98 Å². The summed E-state index contributed by atoms with van der Waals surface area (Å²) in [4.78, 5) is 10.2. The highest BCUT2D eigenvalue weighted by Crippen LogP contribution is 2.60. The highest BCUT2D eigenvalue weighted by atomic mass is 16.3. The van der Waals surface area contributed by atoms with Gasteiger partial charge in [-0.2, -0.15) is 4.98 Å². The Kier molecular flexibility index (Phi) is 7.33. The molecule has 8 aromatic rings. The molecule has 3 nitrogen and oxygen atoms in total. The van der Waals surface area contributed by atoms with Gasteiger partial charge in [0.15, 0.2) is 0 Å². The number of allylic oxidation sites excluding steroid dienone is 4. The number of hydrogen-bond donors (Lipinski definition) is 0. The second-order valence-electron chi connectivity index (χ2n) is 17.5. The first-order chi connectivity index (χ1) is 28.5. The summed E-state index contributed by atoms with van der Waals surface area (Å²) in [6.45, 7) is 4.84. The van der Waals surface area contributed by atoms with Gasteiger partial charge in [-0.3, -0.25) is 0 Å².